The molecule has 2 rings (SSSR count). The second-order valence-electron chi connectivity index (χ2n) is 5.90. The fraction of sp³-hybridized carbons (Fsp3) is 0.933. The fourth-order valence-electron chi connectivity index (χ4n) is 3.25. The standard InChI is InChI=1S/C15H26O2/c16-15(11-13-7-3-1-4-8-13)17-12-14-9-5-2-6-10-14/h13-14H,1-12H2. The van der Waals surface area contributed by atoms with Crippen molar-refractivity contribution in [2.45, 2.75) is 70.6 Å². The van der Waals surface area contributed by atoms with E-state index in [1.54, 1.807) is 0 Å². The van der Waals surface area contributed by atoms with E-state index in [1.165, 1.54) is 64.2 Å². The van der Waals surface area contributed by atoms with Crippen LogP contribution in [-0.2, 0) is 9.53 Å². The predicted molar refractivity (Wildman–Crippen MR) is 68.7 cm³/mol. The molecule has 0 atom stereocenters. The van der Waals surface area contributed by atoms with Gasteiger partial charge in [-0.05, 0) is 37.5 Å². The maximum absolute atomic E-state index is 11.7. The summed E-state index contributed by atoms with van der Waals surface area (Å²) in [7, 11) is 0. The van der Waals surface area contributed by atoms with Gasteiger partial charge in [0.25, 0.3) is 0 Å². The molecule has 2 fully saturated rings. The highest BCUT2D eigenvalue weighted by Crippen LogP contribution is 2.27. The number of hydrogen-bond donors (Lipinski definition) is 0. The van der Waals surface area contributed by atoms with Crippen molar-refractivity contribution in [2.24, 2.45) is 11.8 Å². The molecule has 2 aliphatic carbocycles. The van der Waals surface area contributed by atoms with Gasteiger partial charge in [0.2, 0.25) is 0 Å². The van der Waals surface area contributed by atoms with E-state index in [-0.39, 0.29) is 5.97 Å². The highest BCUT2D eigenvalue weighted by Gasteiger charge is 2.19. The molecule has 0 aromatic heterocycles. The van der Waals surface area contributed by atoms with E-state index in [4.69, 9.17) is 4.74 Å². The molecule has 0 unspecified atom stereocenters. The molecule has 2 aliphatic rings. The van der Waals surface area contributed by atoms with Gasteiger partial charge in [-0.1, -0.05) is 38.5 Å². The van der Waals surface area contributed by atoms with Gasteiger partial charge in [0, 0.05) is 6.42 Å². The van der Waals surface area contributed by atoms with Crippen molar-refractivity contribution in [1.29, 1.82) is 0 Å². The molecule has 0 aliphatic heterocycles. The summed E-state index contributed by atoms with van der Waals surface area (Å²) in [5.41, 5.74) is 0. The van der Waals surface area contributed by atoms with Crippen molar-refractivity contribution < 1.29 is 9.53 Å². The van der Waals surface area contributed by atoms with Crippen LogP contribution in [0.2, 0.25) is 0 Å². The largest absolute Gasteiger partial charge is 0.465 e. The van der Waals surface area contributed by atoms with Crippen molar-refractivity contribution in [1.82, 2.24) is 0 Å². The Morgan fingerprint density at radius 2 is 1.35 bits per heavy atom. The van der Waals surface area contributed by atoms with Crippen LogP contribution in [0, 0.1) is 11.8 Å². The summed E-state index contributed by atoms with van der Waals surface area (Å²) < 4.78 is 5.45. The van der Waals surface area contributed by atoms with E-state index >= 15 is 0 Å². The van der Waals surface area contributed by atoms with Gasteiger partial charge < -0.3 is 4.74 Å². The van der Waals surface area contributed by atoms with Crippen LogP contribution in [0.25, 0.3) is 0 Å². The molecule has 0 saturated heterocycles. The number of carbonyl (C=O) groups is 1. The van der Waals surface area contributed by atoms with Crippen LogP contribution < -0.4 is 0 Å². The zero-order valence-corrected chi connectivity index (χ0v) is 11.0. The molecular formula is C15H26O2. The quantitative estimate of drug-likeness (QED) is 0.690. The van der Waals surface area contributed by atoms with Crippen molar-refractivity contribution >= 4 is 5.97 Å². The second-order valence-corrected chi connectivity index (χ2v) is 5.90. The van der Waals surface area contributed by atoms with Gasteiger partial charge in [0.15, 0.2) is 0 Å². The van der Waals surface area contributed by atoms with Gasteiger partial charge in [-0.2, -0.15) is 0 Å². The van der Waals surface area contributed by atoms with Crippen LogP contribution in [-0.4, -0.2) is 12.6 Å². The number of esters is 1. The van der Waals surface area contributed by atoms with Crippen LogP contribution in [0.15, 0.2) is 0 Å². The lowest BCUT2D eigenvalue weighted by molar-refractivity contribution is -0.146. The lowest BCUT2D eigenvalue weighted by Gasteiger charge is -2.23. The molecule has 0 spiro atoms. The SMILES string of the molecule is O=C(CC1CCCCC1)OCC1CCCCC1. The van der Waals surface area contributed by atoms with Crippen molar-refractivity contribution in [3.8, 4) is 0 Å². The topological polar surface area (TPSA) is 26.3 Å². The minimum atomic E-state index is 0.0578. The average Bonchev–Trinajstić information content (AvgIpc) is 2.39. The first kappa shape index (κ1) is 12.9. The van der Waals surface area contributed by atoms with Crippen LogP contribution in [0.4, 0.5) is 0 Å². The van der Waals surface area contributed by atoms with Gasteiger partial charge in [-0.25, -0.2) is 0 Å². The third-order valence-electron chi connectivity index (χ3n) is 4.38. The molecule has 98 valence electrons. The summed E-state index contributed by atoms with van der Waals surface area (Å²) in [4.78, 5) is 11.7. The molecule has 2 heteroatoms. The molecular weight excluding hydrogens is 212 g/mol. The monoisotopic (exact) mass is 238 g/mol. The third kappa shape index (κ3) is 4.69. The average molecular weight is 238 g/mol. The van der Waals surface area contributed by atoms with Crippen LogP contribution in [0.1, 0.15) is 70.6 Å². The van der Waals surface area contributed by atoms with Crippen molar-refractivity contribution in [3.63, 3.8) is 0 Å². The number of hydrogen-bond acceptors (Lipinski definition) is 2. The van der Waals surface area contributed by atoms with E-state index in [2.05, 4.69) is 0 Å². The van der Waals surface area contributed by atoms with Gasteiger partial charge in [-0.15, -0.1) is 0 Å². The summed E-state index contributed by atoms with van der Waals surface area (Å²) >= 11 is 0. The number of carbonyl (C=O) groups excluding carboxylic acids is 1. The summed E-state index contributed by atoms with van der Waals surface area (Å²) in [6, 6.07) is 0. The van der Waals surface area contributed by atoms with Crippen LogP contribution >= 0.6 is 0 Å². The Bertz CT molecular complexity index is 225. The maximum atomic E-state index is 11.7. The minimum Gasteiger partial charge on any atom is -0.465 e. The Balaban J connectivity index is 1.59. The van der Waals surface area contributed by atoms with E-state index in [0.717, 1.165) is 0 Å². The summed E-state index contributed by atoms with van der Waals surface area (Å²) in [6.07, 6.45) is 13.6. The Morgan fingerprint density at radius 1 is 0.824 bits per heavy atom. The van der Waals surface area contributed by atoms with Gasteiger partial charge in [-0.3, -0.25) is 4.79 Å². The highest BCUT2D eigenvalue weighted by molar-refractivity contribution is 5.69. The predicted octanol–water partition coefficient (Wildman–Crippen LogP) is 4.08. The smallest absolute Gasteiger partial charge is 0.306 e. The first-order valence-corrected chi connectivity index (χ1v) is 7.50. The van der Waals surface area contributed by atoms with Gasteiger partial charge in [0.05, 0.1) is 6.61 Å². The van der Waals surface area contributed by atoms with Crippen molar-refractivity contribution in [2.75, 3.05) is 6.61 Å². The van der Waals surface area contributed by atoms with Gasteiger partial charge >= 0.3 is 5.97 Å². The van der Waals surface area contributed by atoms with E-state index in [0.29, 0.717) is 24.9 Å². The summed E-state index contributed by atoms with van der Waals surface area (Å²) in [6.45, 7) is 0.686. The number of rotatable bonds is 4. The molecule has 0 bridgehead atoms. The molecule has 0 amide bonds. The molecule has 0 N–H and O–H groups in total. The minimum absolute atomic E-state index is 0.0578. The summed E-state index contributed by atoms with van der Waals surface area (Å²) in [5, 5.41) is 0. The lowest BCUT2D eigenvalue weighted by Crippen LogP contribution is -2.19. The van der Waals surface area contributed by atoms with Gasteiger partial charge in [0.1, 0.15) is 0 Å². The van der Waals surface area contributed by atoms with E-state index in [1.807, 2.05) is 0 Å². The molecule has 2 nitrogen and oxygen atoms in total. The second kappa shape index (κ2) is 7.03. The van der Waals surface area contributed by atoms with E-state index in [9.17, 15) is 4.79 Å². The first-order valence-electron chi connectivity index (χ1n) is 7.50. The molecule has 17 heavy (non-hydrogen) atoms. The summed E-state index contributed by atoms with van der Waals surface area (Å²) in [5.74, 6) is 1.32. The molecule has 0 aromatic carbocycles. The third-order valence-corrected chi connectivity index (χ3v) is 4.38. The Labute approximate surface area is 105 Å². The Hall–Kier alpha value is -0.530. The molecule has 0 heterocycles. The number of ether oxygens (including phenoxy) is 1. The highest BCUT2D eigenvalue weighted by atomic mass is 16.5. The first-order chi connectivity index (χ1) is 8.34. The Kier molecular flexibility index (Phi) is 5.34. The molecule has 0 radical (unpaired) electrons. The fourth-order valence-corrected chi connectivity index (χ4v) is 3.25. The maximum Gasteiger partial charge on any atom is 0.306 e. The Morgan fingerprint density at radius 3 is 1.94 bits per heavy atom. The van der Waals surface area contributed by atoms with Crippen LogP contribution in [0.5, 0.6) is 0 Å². The van der Waals surface area contributed by atoms with Crippen LogP contribution in [0.3, 0.4) is 0 Å². The zero-order valence-electron chi connectivity index (χ0n) is 11.0. The molecule has 0 aromatic rings. The lowest BCUT2D eigenvalue weighted by atomic mass is 9.87. The normalized spacial score (nSPS) is 23.5. The molecule has 2 saturated carbocycles. The van der Waals surface area contributed by atoms with E-state index < -0.39 is 0 Å². The zero-order chi connectivity index (χ0) is 11.9. The van der Waals surface area contributed by atoms with Crippen molar-refractivity contribution in [3.05, 3.63) is 0 Å².